The highest BCUT2D eigenvalue weighted by molar-refractivity contribution is 7.13. The Labute approximate surface area is 76.8 Å². The van der Waals surface area contributed by atoms with E-state index in [4.69, 9.17) is 0 Å². The summed E-state index contributed by atoms with van der Waals surface area (Å²) >= 11 is 1.41. The van der Waals surface area contributed by atoms with Crippen molar-refractivity contribution in [2.75, 3.05) is 13.6 Å². The molecule has 0 aliphatic carbocycles. The SMILES string of the molecule is CCNC.Cc1cnc(C=O)s1. The molecule has 1 rings (SSSR count). The van der Waals surface area contributed by atoms with Crippen LogP contribution in [-0.2, 0) is 0 Å². The van der Waals surface area contributed by atoms with E-state index in [9.17, 15) is 4.79 Å². The fourth-order valence-electron chi connectivity index (χ4n) is 0.427. The van der Waals surface area contributed by atoms with E-state index in [1.807, 2.05) is 14.0 Å². The summed E-state index contributed by atoms with van der Waals surface area (Å²) in [7, 11) is 1.93. The number of nitrogens with one attached hydrogen (secondary N) is 1. The number of aromatic nitrogens is 1. The molecule has 4 heteroatoms. The zero-order chi connectivity index (χ0) is 9.40. The predicted octanol–water partition coefficient (Wildman–Crippen LogP) is 1.49. The average Bonchev–Trinajstić information content (AvgIpc) is 2.52. The van der Waals surface area contributed by atoms with E-state index in [2.05, 4.69) is 17.2 Å². The predicted molar refractivity (Wildman–Crippen MR) is 51.8 cm³/mol. The number of aryl methyl sites for hydroxylation is 1. The monoisotopic (exact) mass is 186 g/mol. The highest BCUT2D eigenvalue weighted by atomic mass is 32.1. The number of thiazole rings is 1. The molecule has 0 bridgehead atoms. The number of carbonyl (C=O) groups excluding carboxylic acids is 1. The van der Waals surface area contributed by atoms with Crippen molar-refractivity contribution in [3.63, 3.8) is 0 Å². The maximum atomic E-state index is 9.97. The second kappa shape index (κ2) is 6.94. The lowest BCUT2D eigenvalue weighted by Gasteiger charge is -1.76. The second-order valence-corrected chi connectivity index (χ2v) is 3.40. The minimum absolute atomic E-state index is 0.558. The third-order valence-electron chi connectivity index (χ3n) is 1.09. The largest absolute Gasteiger partial charge is 0.320 e. The summed E-state index contributed by atoms with van der Waals surface area (Å²) in [4.78, 5) is 14.8. The maximum Gasteiger partial charge on any atom is 0.178 e. The first kappa shape index (κ1) is 11.3. The lowest BCUT2D eigenvalue weighted by Crippen LogP contribution is -2.01. The molecule has 12 heavy (non-hydrogen) atoms. The summed E-state index contributed by atoms with van der Waals surface area (Å²) in [6.07, 6.45) is 2.45. The smallest absolute Gasteiger partial charge is 0.178 e. The molecule has 0 aromatic carbocycles. The van der Waals surface area contributed by atoms with Gasteiger partial charge in [0.25, 0.3) is 0 Å². The standard InChI is InChI=1S/C5H5NOS.C3H9N/c1-4-2-6-5(3-7)8-4;1-3-4-2/h2-3H,1H3;4H,3H2,1-2H3. The molecule has 1 heterocycles. The molecule has 0 saturated heterocycles. The third kappa shape index (κ3) is 4.98. The molecule has 0 spiro atoms. The van der Waals surface area contributed by atoms with Gasteiger partial charge in [-0.15, -0.1) is 11.3 Å². The Balaban J connectivity index is 0.000000261. The van der Waals surface area contributed by atoms with Gasteiger partial charge in [-0.05, 0) is 20.5 Å². The summed E-state index contributed by atoms with van der Waals surface area (Å²) in [5.74, 6) is 0. The number of carbonyl (C=O) groups is 1. The first-order valence-electron chi connectivity index (χ1n) is 3.76. The quantitative estimate of drug-likeness (QED) is 0.711. The Hall–Kier alpha value is -0.740. The van der Waals surface area contributed by atoms with Crippen molar-refractivity contribution in [1.29, 1.82) is 0 Å². The molecule has 0 saturated carbocycles. The van der Waals surface area contributed by atoms with Crippen LogP contribution in [0.15, 0.2) is 6.20 Å². The van der Waals surface area contributed by atoms with E-state index in [-0.39, 0.29) is 0 Å². The van der Waals surface area contributed by atoms with Gasteiger partial charge in [0.15, 0.2) is 11.3 Å². The highest BCUT2D eigenvalue weighted by Crippen LogP contribution is 2.07. The van der Waals surface area contributed by atoms with Gasteiger partial charge in [0.05, 0.1) is 0 Å². The van der Waals surface area contributed by atoms with Crippen molar-refractivity contribution < 1.29 is 4.79 Å². The van der Waals surface area contributed by atoms with Gasteiger partial charge in [0, 0.05) is 11.1 Å². The van der Waals surface area contributed by atoms with E-state index >= 15 is 0 Å². The number of nitrogens with zero attached hydrogens (tertiary/aromatic N) is 1. The molecule has 0 fully saturated rings. The average molecular weight is 186 g/mol. The van der Waals surface area contributed by atoms with Crippen LogP contribution in [0, 0.1) is 6.92 Å². The Kier molecular flexibility index (Phi) is 6.51. The molecule has 1 aromatic rings. The molecule has 3 nitrogen and oxygen atoms in total. The van der Waals surface area contributed by atoms with E-state index in [1.165, 1.54) is 11.3 Å². The number of hydrogen-bond acceptors (Lipinski definition) is 4. The van der Waals surface area contributed by atoms with Crippen molar-refractivity contribution in [2.24, 2.45) is 0 Å². The van der Waals surface area contributed by atoms with E-state index < -0.39 is 0 Å². The van der Waals surface area contributed by atoms with Crippen LogP contribution in [0.2, 0.25) is 0 Å². The van der Waals surface area contributed by atoms with E-state index in [0.29, 0.717) is 5.01 Å². The van der Waals surface area contributed by atoms with Gasteiger partial charge in [-0.2, -0.15) is 0 Å². The van der Waals surface area contributed by atoms with Gasteiger partial charge in [0.2, 0.25) is 0 Å². The number of aldehydes is 1. The molecule has 0 unspecified atom stereocenters. The summed E-state index contributed by atoms with van der Waals surface area (Å²) in [6.45, 7) is 5.06. The zero-order valence-electron chi connectivity index (χ0n) is 7.63. The Morgan fingerprint density at radius 3 is 2.50 bits per heavy atom. The van der Waals surface area contributed by atoms with Crippen LogP contribution in [0.5, 0.6) is 0 Å². The van der Waals surface area contributed by atoms with Crippen LogP contribution < -0.4 is 5.32 Å². The van der Waals surface area contributed by atoms with Gasteiger partial charge in [-0.3, -0.25) is 4.79 Å². The lowest BCUT2D eigenvalue weighted by molar-refractivity contribution is 0.112. The Morgan fingerprint density at radius 1 is 1.75 bits per heavy atom. The summed E-state index contributed by atoms with van der Waals surface area (Å²) in [5.41, 5.74) is 0. The molecule has 0 aliphatic heterocycles. The summed E-state index contributed by atoms with van der Waals surface area (Å²) in [5, 5.41) is 3.49. The van der Waals surface area contributed by atoms with Crippen LogP contribution in [0.1, 0.15) is 21.6 Å². The van der Waals surface area contributed by atoms with Gasteiger partial charge in [-0.25, -0.2) is 4.98 Å². The second-order valence-electron chi connectivity index (χ2n) is 2.13. The van der Waals surface area contributed by atoms with Gasteiger partial charge in [0.1, 0.15) is 0 Å². The Morgan fingerprint density at radius 2 is 2.33 bits per heavy atom. The van der Waals surface area contributed by atoms with E-state index in [1.54, 1.807) is 6.20 Å². The van der Waals surface area contributed by atoms with Crippen molar-refractivity contribution >= 4 is 17.6 Å². The molecule has 1 N–H and O–H groups in total. The van der Waals surface area contributed by atoms with E-state index in [0.717, 1.165) is 17.7 Å². The fourth-order valence-corrected chi connectivity index (χ4v) is 1.02. The zero-order valence-corrected chi connectivity index (χ0v) is 8.44. The fraction of sp³-hybridized carbons (Fsp3) is 0.500. The summed E-state index contributed by atoms with van der Waals surface area (Å²) < 4.78 is 0. The number of hydrogen-bond donors (Lipinski definition) is 1. The molecule has 0 atom stereocenters. The molecule has 1 aromatic heterocycles. The minimum atomic E-state index is 0.558. The highest BCUT2D eigenvalue weighted by Gasteiger charge is 1.91. The topological polar surface area (TPSA) is 42.0 Å². The molecular formula is C8H14N2OS. The van der Waals surface area contributed by atoms with Crippen LogP contribution in [0.25, 0.3) is 0 Å². The molecule has 0 aliphatic rings. The first-order chi connectivity index (χ1) is 5.74. The molecule has 0 amide bonds. The van der Waals surface area contributed by atoms with Gasteiger partial charge < -0.3 is 5.32 Å². The minimum Gasteiger partial charge on any atom is -0.320 e. The van der Waals surface area contributed by atoms with Crippen molar-refractivity contribution in [2.45, 2.75) is 13.8 Å². The third-order valence-corrected chi connectivity index (χ3v) is 1.93. The van der Waals surface area contributed by atoms with Crippen LogP contribution in [0.4, 0.5) is 0 Å². The number of rotatable bonds is 2. The lowest BCUT2D eigenvalue weighted by atomic mass is 10.6. The van der Waals surface area contributed by atoms with Gasteiger partial charge >= 0.3 is 0 Å². The molecular weight excluding hydrogens is 172 g/mol. The van der Waals surface area contributed by atoms with Crippen LogP contribution in [0.3, 0.4) is 0 Å². The summed E-state index contributed by atoms with van der Waals surface area (Å²) in [6, 6.07) is 0. The van der Waals surface area contributed by atoms with Crippen LogP contribution >= 0.6 is 11.3 Å². The normalized spacial score (nSPS) is 8.58. The first-order valence-corrected chi connectivity index (χ1v) is 4.58. The van der Waals surface area contributed by atoms with Gasteiger partial charge in [-0.1, -0.05) is 6.92 Å². The Bertz CT molecular complexity index is 221. The molecule has 0 radical (unpaired) electrons. The van der Waals surface area contributed by atoms with Crippen molar-refractivity contribution in [1.82, 2.24) is 10.3 Å². The molecule has 68 valence electrons. The van der Waals surface area contributed by atoms with Crippen LogP contribution in [-0.4, -0.2) is 24.9 Å². The van der Waals surface area contributed by atoms with Crippen molar-refractivity contribution in [3.05, 3.63) is 16.1 Å². The van der Waals surface area contributed by atoms with Crippen molar-refractivity contribution in [3.8, 4) is 0 Å². The maximum absolute atomic E-state index is 9.97.